The molecule has 84 valence electrons. The predicted molar refractivity (Wildman–Crippen MR) is 66.6 cm³/mol. The van der Waals surface area contributed by atoms with E-state index >= 15 is 0 Å². The van der Waals surface area contributed by atoms with E-state index in [1.165, 1.54) is 38.5 Å². The Hall–Kier alpha value is -0.260. The molecule has 0 aliphatic carbocycles. The van der Waals surface area contributed by atoms with Crippen LogP contribution in [-0.2, 0) is 0 Å². The summed E-state index contributed by atoms with van der Waals surface area (Å²) < 4.78 is 0. The van der Waals surface area contributed by atoms with Crippen LogP contribution in [0.1, 0.15) is 73.1 Å². The van der Waals surface area contributed by atoms with Gasteiger partial charge < -0.3 is 0 Å². The Morgan fingerprint density at radius 2 is 1.36 bits per heavy atom. The van der Waals surface area contributed by atoms with Crippen molar-refractivity contribution in [3.05, 3.63) is 11.1 Å². The molecule has 0 unspecified atom stereocenters. The molecule has 0 amide bonds. The van der Waals surface area contributed by atoms with Gasteiger partial charge in [0.2, 0.25) is 0 Å². The molecule has 0 N–H and O–H groups in total. The molecule has 0 bridgehead atoms. The van der Waals surface area contributed by atoms with Crippen LogP contribution in [0.2, 0.25) is 0 Å². The molecule has 0 aliphatic heterocycles. The minimum atomic E-state index is 0.937. The Balaban J connectivity index is 4.13. The minimum Gasteiger partial charge on any atom is -0.0747 e. The highest BCUT2D eigenvalue weighted by atomic mass is 14.1. The van der Waals surface area contributed by atoms with Crippen LogP contribution in [0.15, 0.2) is 11.1 Å². The summed E-state index contributed by atoms with van der Waals surface area (Å²) in [6.45, 7) is 11.5. The van der Waals surface area contributed by atoms with Crippen molar-refractivity contribution in [1.82, 2.24) is 0 Å². The zero-order valence-electron chi connectivity index (χ0n) is 10.8. The maximum atomic E-state index is 2.32. The van der Waals surface area contributed by atoms with E-state index in [9.17, 15) is 0 Å². The van der Waals surface area contributed by atoms with Gasteiger partial charge in [-0.05, 0) is 32.6 Å². The first-order valence-electron chi connectivity index (χ1n) is 6.30. The van der Waals surface area contributed by atoms with Crippen LogP contribution in [0.5, 0.6) is 0 Å². The fourth-order valence-corrected chi connectivity index (χ4v) is 2.07. The first-order valence-corrected chi connectivity index (χ1v) is 6.30. The molecule has 0 atom stereocenters. The number of rotatable bonds is 7. The van der Waals surface area contributed by atoms with E-state index in [0.717, 1.165) is 5.92 Å². The van der Waals surface area contributed by atoms with Crippen molar-refractivity contribution in [3.63, 3.8) is 0 Å². The monoisotopic (exact) mass is 196 g/mol. The van der Waals surface area contributed by atoms with Crippen LogP contribution in [0.4, 0.5) is 0 Å². The Morgan fingerprint density at radius 3 is 1.71 bits per heavy atom. The lowest BCUT2D eigenvalue weighted by Crippen LogP contribution is -2.01. The van der Waals surface area contributed by atoms with Crippen LogP contribution in [0.25, 0.3) is 0 Å². The van der Waals surface area contributed by atoms with Crippen LogP contribution >= 0.6 is 0 Å². The Morgan fingerprint density at radius 1 is 0.857 bits per heavy atom. The molecular weight excluding hydrogens is 168 g/mol. The molecule has 0 radical (unpaired) electrons. The predicted octanol–water partition coefficient (Wildman–Crippen LogP) is 5.34. The van der Waals surface area contributed by atoms with Gasteiger partial charge in [-0.2, -0.15) is 0 Å². The van der Waals surface area contributed by atoms with Gasteiger partial charge in [0.15, 0.2) is 0 Å². The molecule has 0 fully saturated rings. The topological polar surface area (TPSA) is 0 Å². The quantitative estimate of drug-likeness (QED) is 0.482. The number of hydrogen-bond donors (Lipinski definition) is 0. The van der Waals surface area contributed by atoms with Crippen molar-refractivity contribution < 1.29 is 0 Å². The summed E-state index contributed by atoms with van der Waals surface area (Å²) >= 11 is 0. The lowest BCUT2D eigenvalue weighted by molar-refractivity contribution is 0.435. The van der Waals surface area contributed by atoms with Crippen molar-refractivity contribution in [1.29, 1.82) is 0 Å². The van der Waals surface area contributed by atoms with E-state index in [0.29, 0.717) is 0 Å². The third-order valence-corrected chi connectivity index (χ3v) is 3.25. The van der Waals surface area contributed by atoms with Crippen LogP contribution in [0.3, 0.4) is 0 Å². The molecule has 0 saturated heterocycles. The van der Waals surface area contributed by atoms with Gasteiger partial charge in [0.25, 0.3) is 0 Å². The summed E-state index contributed by atoms with van der Waals surface area (Å²) in [6.07, 6.45) is 8.04. The van der Waals surface area contributed by atoms with E-state index < -0.39 is 0 Å². The number of hydrogen-bond acceptors (Lipinski definition) is 0. The van der Waals surface area contributed by atoms with Crippen molar-refractivity contribution in [2.45, 2.75) is 73.1 Å². The molecule has 0 saturated carbocycles. The average Bonchev–Trinajstić information content (AvgIpc) is 2.17. The smallest absolute Gasteiger partial charge is 0.0292 e. The summed E-state index contributed by atoms with van der Waals surface area (Å²) in [6, 6.07) is 0. The molecule has 0 heteroatoms. The molecule has 0 nitrogen and oxygen atoms in total. The highest BCUT2D eigenvalue weighted by molar-refractivity contribution is 5.09. The minimum absolute atomic E-state index is 0.937. The largest absolute Gasteiger partial charge is 0.0747 e. The summed E-state index contributed by atoms with van der Waals surface area (Å²) in [5, 5.41) is 0. The van der Waals surface area contributed by atoms with Gasteiger partial charge in [-0.15, -0.1) is 0 Å². The Labute approximate surface area is 90.8 Å². The maximum Gasteiger partial charge on any atom is -0.0292 e. The SMILES string of the molecule is CCCC(CCC)C/C(C)=C(/C)CC. The summed E-state index contributed by atoms with van der Waals surface area (Å²) in [5.74, 6) is 0.937. The second-order valence-corrected chi connectivity index (χ2v) is 4.56. The van der Waals surface area contributed by atoms with Crippen LogP contribution in [0, 0.1) is 5.92 Å². The van der Waals surface area contributed by atoms with Crippen molar-refractivity contribution in [2.75, 3.05) is 0 Å². The first-order chi connectivity index (χ1) is 6.65. The summed E-state index contributed by atoms with van der Waals surface area (Å²) in [5.41, 5.74) is 3.24. The summed E-state index contributed by atoms with van der Waals surface area (Å²) in [7, 11) is 0. The van der Waals surface area contributed by atoms with Crippen LogP contribution < -0.4 is 0 Å². The molecule has 0 aromatic carbocycles. The third-order valence-electron chi connectivity index (χ3n) is 3.25. The molecule has 14 heavy (non-hydrogen) atoms. The number of allylic oxidation sites excluding steroid dienone is 2. The van der Waals surface area contributed by atoms with E-state index in [1.54, 1.807) is 11.1 Å². The van der Waals surface area contributed by atoms with E-state index in [2.05, 4.69) is 34.6 Å². The molecule has 0 aromatic heterocycles. The standard InChI is InChI=1S/C14H28/c1-6-9-14(10-7-2)11-13(5)12(4)8-3/h14H,6-11H2,1-5H3/b13-12-. The second kappa shape index (κ2) is 8.08. The van der Waals surface area contributed by atoms with E-state index in [-0.39, 0.29) is 0 Å². The molecule has 0 rings (SSSR count). The van der Waals surface area contributed by atoms with Gasteiger partial charge in [-0.3, -0.25) is 0 Å². The maximum absolute atomic E-state index is 2.32. The highest BCUT2D eigenvalue weighted by Gasteiger charge is 2.08. The second-order valence-electron chi connectivity index (χ2n) is 4.56. The molecular formula is C14H28. The van der Waals surface area contributed by atoms with Gasteiger partial charge in [-0.1, -0.05) is 57.6 Å². The van der Waals surface area contributed by atoms with Crippen molar-refractivity contribution in [3.8, 4) is 0 Å². The lowest BCUT2D eigenvalue weighted by Gasteiger charge is -2.17. The van der Waals surface area contributed by atoms with Gasteiger partial charge in [-0.25, -0.2) is 0 Å². The van der Waals surface area contributed by atoms with E-state index in [4.69, 9.17) is 0 Å². The summed E-state index contributed by atoms with van der Waals surface area (Å²) in [4.78, 5) is 0. The van der Waals surface area contributed by atoms with Crippen LogP contribution in [-0.4, -0.2) is 0 Å². The van der Waals surface area contributed by atoms with Gasteiger partial charge in [0.05, 0.1) is 0 Å². The van der Waals surface area contributed by atoms with Crippen molar-refractivity contribution >= 4 is 0 Å². The lowest BCUT2D eigenvalue weighted by atomic mass is 9.89. The fraction of sp³-hybridized carbons (Fsp3) is 0.857. The fourth-order valence-electron chi connectivity index (χ4n) is 2.07. The Kier molecular flexibility index (Phi) is 7.93. The van der Waals surface area contributed by atoms with E-state index in [1.807, 2.05) is 0 Å². The average molecular weight is 196 g/mol. The zero-order valence-corrected chi connectivity index (χ0v) is 10.8. The third kappa shape index (κ3) is 5.47. The first kappa shape index (κ1) is 13.7. The molecule has 0 aliphatic rings. The molecule has 0 heterocycles. The van der Waals surface area contributed by atoms with Gasteiger partial charge in [0, 0.05) is 0 Å². The zero-order chi connectivity index (χ0) is 11.0. The van der Waals surface area contributed by atoms with Crippen molar-refractivity contribution in [2.24, 2.45) is 5.92 Å². The van der Waals surface area contributed by atoms with Gasteiger partial charge >= 0.3 is 0 Å². The molecule has 0 aromatic rings. The molecule has 0 spiro atoms. The normalized spacial score (nSPS) is 13.3. The highest BCUT2D eigenvalue weighted by Crippen LogP contribution is 2.24. The Bertz CT molecular complexity index is 159. The van der Waals surface area contributed by atoms with Gasteiger partial charge in [0.1, 0.15) is 0 Å².